The molecule has 1 heterocycles. The van der Waals surface area contributed by atoms with Crippen LogP contribution in [-0.4, -0.2) is 35.1 Å². The van der Waals surface area contributed by atoms with Crippen molar-refractivity contribution in [3.05, 3.63) is 0 Å². The highest BCUT2D eigenvalue weighted by atomic mass is 16.4. The Morgan fingerprint density at radius 3 is 2.64 bits per heavy atom. The third kappa shape index (κ3) is 3.29. The fraction of sp³-hybridized carbons (Fsp3) is 0.909. The molecule has 0 bridgehead atoms. The quantitative estimate of drug-likeness (QED) is 0.665. The van der Waals surface area contributed by atoms with Gasteiger partial charge < -0.3 is 5.11 Å². The minimum Gasteiger partial charge on any atom is -0.480 e. The van der Waals surface area contributed by atoms with Gasteiger partial charge in [-0.3, -0.25) is 9.69 Å². The van der Waals surface area contributed by atoms with Gasteiger partial charge in [-0.1, -0.05) is 26.7 Å². The second kappa shape index (κ2) is 5.35. The number of hydrogen-bond acceptors (Lipinski definition) is 2. The van der Waals surface area contributed by atoms with Crippen molar-refractivity contribution >= 4 is 5.97 Å². The van der Waals surface area contributed by atoms with Gasteiger partial charge in [0.15, 0.2) is 0 Å². The molecular formula is C11H21NO2. The maximum absolute atomic E-state index is 10.7. The van der Waals surface area contributed by atoms with E-state index in [1.165, 1.54) is 12.8 Å². The third-order valence-electron chi connectivity index (χ3n) is 2.89. The van der Waals surface area contributed by atoms with E-state index in [1.54, 1.807) is 0 Å². The SMILES string of the molecule is CC(C)CCCCN1CCC1C(=O)O. The van der Waals surface area contributed by atoms with Crippen LogP contribution in [0.5, 0.6) is 0 Å². The number of nitrogens with zero attached hydrogens (tertiary/aromatic N) is 1. The van der Waals surface area contributed by atoms with Crippen LogP contribution in [0.1, 0.15) is 39.5 Å². The number of carboxylic acids is 1. The molecule has 82 valence electrons. The van der Waals surface area contributed by atoms with Crippen LogP contribution in [0, 0.1) is 5.92 Å². The predicted molar refractivity (Wildman–Crippen MR) is 56.3 cm³/mol. The fourth-order valence-electron chi connectivity index (χ4n) is 1.86. The summed E-state index contributed by atoms with van der Waals surface area (Å²) in [4.78, 5) is 12.8. The highest BCUT2D eigenvalue weighted by molar-refractivity contribution is 5.74. The van der Waals surface area contributed by atoms with E-state index in [2.05, 4.69) is 18.7 Å². The van der Waals surface area contributed by atoms with Gasteiger partial charge in [-0.15, -0.1) is 0 Å². The highest BCUT2D eigenvalue weighted by Gasteiger charge is 2.32. The van der Waals surface area contributed by atoms with Crippen molar-refractivity contribution in [1.29, 1.82) is 0 Å². The first-order chi connectivity index (χ1) is 6.61. The molecular weight excluding hydrogens is 178 g/mol. The maximum Gasteiger partial charge on any atom is 0.320 e. The lowest BCUT2D eigenvalue weighted by Gasteiger charge is -2.37. The molecule has 1 N–H and O–H groups in total. The minimum absolute atomic E-state index is 0.186. The summed E-state index contributed by atoms with van der Waals surface area (Å²) in [6.45, 7) is 6.38. The zero-order chi connectivity index (χ0) is 10.6. The molecule has 0 spiro atoms. The molecule has 3 heteroatoms. The molecule has 1 aliphatic rings. The molecule has 0 aromatic heterocycles. The van der Waals surface area contributed by atoms with Gasteiger partial charge in [0.1, 0.15) is 6.04 Å². The first kappa shape index (κ1) is 11.5. The average Bonchev–Trinajstić information content (AvgIpc) is 1.99. The van der Waals surface area contributed by atoms with Crippen LogP contribution in [0.15, 0.2) is 0 Å². The summed E-state index contributed by atoms with van der Waals surface area (Å²) in [6, 6.07) is -0.186. The van der Waals surface area contributed by atoms with Gasteiger partial charge in [0, 0.05) is 6.54 Å². The van der Waals surface area contributed by atoms with E-state index in [4.69, 9.17) is 5.11 Å². The van der Waals surface area contributed by atoms with Crippen LogP contribution in [0.3, 0.4) is 0 Å². The van der Waals surface area contributed by atoms with E-state index in [1.807, 2.05) is 0 Å². The molecule has 0 saturated carbocycles. The molecule has 3 nitrogen and oxygen atoms in total. The Hall–Kier alpha value is -0.570. The van der Waals surface area contributed by atoms with Crippen molar-refractivity contribution in [2.45, 2.75) is 45.6 Å². The second-order valence-electron chi connectivity index (χ2n) is 4.57. The third-order valence-corrected chi connectivity index (χ3v) is 2.89. The van der Waals surface area contributed by atoms with Gasteiger partial charge in [0.05, 0.1) is 0 Å². The van der Waals surface area contributed by atoms with Crippen molar-refractivity contribution < 1.29 is 9.90 Å². The molecule has 1 aliphatic heterocycles. The van der Waals surface area contributed by atoms with E-state index in [0.29, 0.717) is 0 Å². The van der Waals surface area contributed by atoms with Crippen molar-refractivity contribution in [3.63, 3.8) is 0 Å². The zero-order valence-electron chi connectivity index (χ0n) is 9.20. The Labute approximate surface area is 86.1 Å². The van der Waals surface area contributed by atoms with E-state index in [-0.39, 0.29) is 6.04 Å². The van der Waals surface area contributed by atoms with Gasteiger partial charge in [-0.2, -0.15) is 0 Å². The lowest BCUT2D eigenvalue weighted by Crippen LogP contribution is -2.52. The molecule has 1 fully saturated rings. The Morgan fingerprint density at radius 1 is 1.50 bits per heavy atom. The summed E-state index contributed by atoms with van der Waals surface area (Å²) >= 11 is 0. The van der Waals surface area contributed by atoms with Crippen LogP contribution in [0.2, 0.25) is 0 Å². The molecule has 14 heavy (non-hydrogen) atoms. The van der Waals surface area contributed by atoms with Gasteiger partial charge in [0.2, 0.25) is 0 Å². The monoisotopic (exact) mass is 199 g/mol. The normalized spacial score (nSPS) is 22.4. The molecule has 1 atom stereocenters. The second-order valence-corrected chi connectivity index (χ2v) is 4.57. The number of carboxylic acid groups (broad SMARTS) is 1. The Morgan fingerprint density at radius 2 is 2.21 bits per heavy atom. The first-order valence-electron chi connectivity index (χ1n) is 5.58. The zero-order valence-corrected chi connectivity index (χ0v) is 9.20. The summed E-state index contributed by atoms with van der Waals surface area (Å²) in [5.74, 6) is 0.113. The molecule has 1 rings (SSSR count). The summed E-state index contributed by atoms with van der Waals surface area (Å²) < 4.78 is 0. The van der Waals surface area contributed by atoms with E-state index in [9.17, 15) is 4.79 Å². The molecule has 0 radical (unpaired) electrons. The summed E-state index contributed by atoms with van der Waals surface area (Å²) in [5.41, 5.74) is 0. The topological polar surface area (TPSA) is 40.5 Å². The van der Waals surface area contributed by atoms with Gasteiger partial charge in [-0.05, 0) is 25.3 Å². The van der Waals surface area contributed by atoms with Crippen LogP contribution < -0.4 is 0 Å². The van der Waals surface area contributed by atoms with Crippen LogP contribution >= 0.6 is 0 Å². The number of unbranched alkanes of at least 4 members (excludes halogenated alkanes) is 1. The number of hydrogen-bond donors (Lipinski definition) is 1. The number of carbonyl (C=O) groups is 1. The maximum atomic E-state index is 10.7. The largest absolute Gasteiger partial charge is 0.480 e. The molecule has 0 aromatic rings. The minimum atomic E-state index is -0.653. The molecule has 1 unspecified atom stereocenters. The van der Waals surface area contributed by atoms with Gasteiger partial charge >= 0.3 is 5.97 Å². The highest BCUT2D eigenvalue weighted by Crippen LogP contribution is 2.18. The summed E-state index contributed by atoms with van der Waals surface area (Å²) in [6.07, 6.45) is 4.45. The molecule has 0 amide bonds. The Balaban J connectivity index is 2.05. The van der Waals surface area contributed by atoms with Crippen LogP contribution in [0.25, 0.3) is 0 Å². The van der Waals surface area contributed by atoms with Crippen LogP contribution in [0.4, 0.5) is 0 Å². The van der Waals surface area contributed by atoms with Crippen molar-refractivity contribution in [1.82, 2.24) is 4.90 Å². The lowest BCUT2D eigenvalue weighted by molar-refractivity contribution is -0.148. The lowest BCUT2D eigenvalue weighted by atomic mass is 10.0. The van der Waals surface area contributed by atoms with E-state index >= 15 is 0 Å². The fourth-order valence-corrected chi connectivity index (χ4v) is 1.86. The van der Waals surface area contributed by atoms with Crippen molar-refractivity contribution in [2.75, 3.05) is 13.1 Å². The molecule has 0 aliphatic carbocycles. The molecule has 1 saturated heterocycles. The van der Waals surface area contributed by atoms with Crippen LogP contribution in [-0.2, 0) is 4.79 Å². The van der Waals surface area contributed by atoms with Gasteiger partial charge in [0.25, 0.3) is 0 Å². The summed E-state index contributed by atoms with van der Waals surface area (Å²) in [7, 11) is 0. The smallest absolute Gasteiger partial charge is 0.320 e. The Bertz CT molecular complexity index is 192. The Kier molecular flexibility index (Phi) is 4.39. The summed E-state index contributed by atoms with van der Waals surface area (Å²) in [5, 5.41) is 8.81. The number of aliphatic carboxylic acids is 1. The number of likely N-dealkylation sites (tertiary alicyclic amines) is 1. The standard InChI is InChI=1S/C11H21NO2/c1-9(2)5-3-4-7-12-8-6-10(12)11(13)14/h9-10H,3-8H2,1-2H3,(H,13,14). The van der Waals surface area contributed by atoms with Crippen molar-refractivity contribution in [3.8, 4) is 0 Å². The molecule has 0 aromatic carbocycles. The number of rotatable bonds is 6. The van der Waals surface area contributed by atoms with Gasteiger partial charge in [-0.25, -0.2) is 0 Å². The van der Waals surface area contributed by atoms with Crippen molar-refractivity contribution in [2.24, 2.45) is 5.92 Å². The van der Waals surface area contributed by atoms with E-state index < -0.39 is 5.97 Å². The average molecular weight is 199 g/mol. The first-order valence-corrected chi connectivity index (χ1v) is 5.58. The predicted octanol–water partition coefficient (Wildman–Crippen LogP) is 1.97. The van der Waals surface area contributed by atoms with E-state index in [0.717, 1.165) is 31.8 Å².